The van der Waals surface area contributed by atoms with E-state index in [-0.39, 0.29) is 18.6 Å². The van der Waals surface area contributed by atoms with E-state index >= 15 is 0 Å². The smallest absolute Gasteiger partial charge is 0.244 e. The summed E-state index contributed by atoms with van der Waals surface area (Å²) in [7, 11) is 1.87. The molecule has 94 valence electrons. The molecule has 1 unspecified atom stereocenters. The average molecular weight is 237 g/mol. The third-order valence-corrected chi connectivity index (χ3v) is 2.63. The molecular weight excluding hydrogens is 218 g/mol. The van der Waals surface area contributed by atoms with Crippen molar-refractivity contribution in [3.05, 3.63) is 23.0 Å². The standard InChI is InChI=1S/C12H19N3O2/c1-8(7-16)13-12(17)6-5-11-9(2)14-15(4)10(11)3/h5-6,8,16H,7H2,1-4H3,(H,13,17)/b6-5+. The Kier molecular flexibility index (Phi) is 4.45. The highest BCUT2D eigenvalue weighted by molar-refractivity contribution is 5.92. The van der Waals surface area contributed by atoms with Gasteiger partial charge >= 0.3 is 0 Å². The lowest BCUT2D eigenvalue weighted by Gasteiger charge is -2.07. The molecule has 0 saturated heterocycles. The van der Waals surface area contributed by atoms with Gasteiger partial charge in [-0.15, -0.1) is 0 Å². The van der Waals surface area contributed by atoms with Crippen molar-refractivity contribution in [2.24, 2.45) is 7.05 Å². The summed E-state index contributed by atoms with van der Waals surface area (Å²) in [5, 5.41) is 15.7. The number of nitrogens with zero attached hydrogens (tertiary/aromatic N) is 2. The number of hydrogen-bond acceptors (Lipinski definition) is 3. The first-order valence-electron chi connectivity index (χ1n) is 5.55. The van der Waals surface area contributed by atoms with Gasteiger partial charge in [-0.25, -0.2) is 0 Å². The minimum absolute atomic E-state index is 0.0650. The molecule has 1 rings (SSSR count). The predicted octanol–water partition coefficient (Wildman–Crippen LogP) is 0.547. The van der Waals surface area contributed by atoms with Gasteiger partial charge in [0.2, 0.25) is 5.91 Å². The second kappa shape index (κ2) is 5.63. The summed E-state index contributed by atoms with van der Waals surface area (Å²) in [5.41, 5.74) is 2.87. The van der Waals surface area contributed by atoms with Crippen LogP contribution in [0, 0.1) is 13.8 Å². The Labute approximate surface area is 101 Å². The van der Waals surface area contributed by atoms with Crippen molar-refractivity contribution in [1.29, 1.82) is 0 Å². The van der Waals surface area contributed by atoms with Gasteiger partial charge in [-0.1, -0.05) is 0 Å². The predicted molar refractivity (Wildman–Crippen MR) is 66.4 cm³/mol. The van der Waals surface area contributed by atoms with E-state index in [1.165, 1.54) is 6.08 Å². The van der Waals surface area contributed by atoms with Gasteiger partial charge < -0.3 is 10.4 Å². The van der Waals surface area contributed by atoms with E-state index in [0.717, 1.165) is 17.0 Å². The summed E-state index contributed by atoms with van der Waals surface area (Å²) in [5.74, 6) is -0.214. The minimum Gasteiger partial charge on any atom is -0.394 e. The monoisotopic (exact) mass is 237 g/mol. The summed E-state index contributed by atoms with van der Waals surface area (Å²) >= 11 is 0. The van der Waals surface area contributed by atoms with E-state index in [2.05, 4.69) is 10.4 Å². The SMILES string of the molecule is Cc1nn(C)c(C)c1/C=C/C(=O)NC(C)CO. The van der Waals surface area contributed by atoms with E-state index in [9.17, 15) is 4.79 Å². The molecule has 0 saturated carbocycles. The third-order valence-electron chi connectivity index (χ3n) is 2.63. The normalized spacial score (nSPS) is 13.0. The molecular formula is C12H19N3O2. The van der Waals surface area contributed by atoms with Crippen LogP contribution in [0.4, 0.5) is 0 Å². The molecule has 0 radical (unpaired) electrons. The molecule has 17 heavy (non-hydrogen) atoms. The van der Waals surface area contributed by atoms with Crippen LogP contribution in [0.25, 0.3) is 6.08 Å². The second-order valence-corrected chi connectivity index (χ2v) is 4.13. The Morgan fingerprint density at radius 1 is 1.59 bits per heavy atom. The highest BCUT2D eigenvalue weighted by atomic mass is 16.3. The van der Waals surface area contributed by atoms with Crippen molar-refractivity contribution < 1.29 is 9.90 Å². The van der Waals surface area contributed by atoms with Gasteiger partial charge in [0, 0.05) is 30.4 Å². The number of carbonyl (C=O) groups is 1. The summed E-state index contributed by atoms with van der Waals surface area (Å²) in [6, 6.07) is -0.233. The summed E-state index contributed by atoms with van der Waals surface area (Å²) in [6.07, 6.45) is 3.21. The van der Waals surface area contributed by atoms with Crippen molar-refractivity contribution >= 4 is 12.0 Å². The van der Waals surface area contributed by atoms with Crippen molar-refractivity contribution in [3.63, 3.8) is 0 Å². The minimum atomic E-state index is -0.233. The first kappa shape index (κ1) is 13.4. The van der Waals surface area contributed by atoms with Crippen molar-refractivity contribution in [3.8, 4) is 0 Å². The van der Waals surface area contributed by atoms with E-state index in [4.69, 9.17) is 5.11 Å². The Morgan fingerprint density at radius 2 is 2.24 bits per heavy atom. The molecule has 1 amide bonds. The molecule has 2 N–H and O–H groups in total. The summed E-state index contributed by atoms with van der Waals surface area (Å²) < 4.78 is 1.78. The largest absolute Gasteiger partial charge is 0.394 e. The van der Waals surface area contributed by atoms with Crippen LogP contribution in [0.15, 0.2) is 6.08 Å². The molecule has 5 nitrogen and oxygen atoms in total. The zero-order valence-corrected chi connectivity index (χ0v) is 10.7. The zero-order valence-electron chi connectivity index (χ0n) is 10.7. The van der Waals surface area contributed by atoms with Gasteiger partial charge in [-0.05, 0) is 26.8 Å². The number of nitrogens with one attached hydrogen (secondary N) is 1. The number of carbonyl (C=O) groups excluding carboxylic acids is 1. The van der Waals surface area contributed by atoms with E-state index in [1.807, 2.05) is 20.9 Å². The topological polar surface area (TPSA) is 67.2 Å². The van der Waals surface area contributed by atoms with Gasteiger partial charge in [0.15, 0.2) is 0 Å². The number of aliphatic hydroxyl groups excluding tert-OH is 1. The lowest BCUT2D eigenvalue weighted by Crippen LogP contribution is -2.33. The Balaban J connectivity index is 2.74. The molecule has 0 fully saturated rings. The molecule has 0 aromatic carbocycles. The van der Waals surface area contributed by atoms with E-state index < -0.39 is 0 Å². The number of rotatable bonds is 4. The molecule has 0 aliphatic heterocycles. The number of hydrogen-bond donors (Lipinski definition) is 2. The van der Waals surface area contributed by atoms with Gasteiger partial charge in [0.1, 0.15) is 0 Å². The van der Waals surface area contributed by atoms with Crippen molar-refractivity contribution in [1.82, 2.24) is 15.1 Å². The summed E-state index contributed by atoms with van der Waals surface area (Å²) in [6.45, 7) is 5.53. The lowest BCUT2D eigenvalue weighted by molar-refractivity contribution is -0.117. The molecule has 1 atom stereocenters. The maximum absolute atomic E-state index is 11.5. The Morgan fingerprint density at radius 3 is 2.71 bits per heavy atom. The van der Waals surface area contributed by atoms with Gasteiger partial charge in [0.25, 0.3) is 0 Å². The van der Waals surface area contributed by atoms with Crippen LogP contribution in [0.3, 0.4) is 0 Å². The highest BCUT2D eigenvalue weighted by Gasteiger charge is 2.07. The highest BCUT2D eigenvalue weighted by Crippen LogP contribution is 2.13. The fourth-order valence-corrected chi connectivity index (χ4v) is 1.53. The molecule has 1 aromatic rings. The molecule has 0 aliphatic rings. The van der Waals surface area contributed by atoms with Gasteiger partial charge in [-0.2, -0.15) is 5.10 Å². The first-order valence-corrected chi connectivity index (χ1v) is 5.55. The zero-order chi connectivity index (χ0) is 13.0. The van der Waals surface area contributed by atoms with Gasteiger partial charge in [-0.3, -0.25) is 9.48 Å². The van der Waals surface area contributed by atoms with Crippen LogP contribution in [0.1, 0.15) is 23.9 Å². The van der Waals surface area contributed by atoms with Crippen LogP contribution in [-0.2, 0) is 11.8 Å². The van der Waals surface area contributed by atoms with E-state index in [0.29, 0.717) is 0 Å². The quantitative estimate of drug-likeness (QED) is 0.751. The second-order valence-electron chi connectivity index (χ2n) is 4.13. The maximum Gasteiger partial charge on any atom is 0.244 e. The number of aromatic nitrogens is 2. The first-order chi connectivity index (χ1) is 7.95. The van der Waals surface area contributed by atoms with Crippen LogP contribution in [0.5, 0.6) is 0 Å². The fourth-order valence-electron chi connectivity index (χ4n) is 1.53. The number of aryl methyl sites for hydroxylation is 2. The van der Waals surface area contributed by atoms with Crippen LogP contribution in [-0.4, -0.2) is 33.4 Å². The fraction of sp³-hybridized carbons (Fsp3) is 0.500. The lowest BCUT2D eigenvalue weighted by atomic mass is 10.2. The molecule has 1 aromatic heterocycles. The molecule has 0 spiro atoms. The molecule has 0 aliphatic carbocycles. The van der Waals surface area contributed by atoms with Gasteiger partial charge in [0.05, 0.1) is 12.3 Å². The van der Waals surface area contributed by atoms with Crippen LogP contribution < -0.4 is 5.32 Å². The average Bonchev–Trinajstić information content (AvgIpc) is 2.51. The number of aliphatic hydroxyl groups is 1. The summed E-state index contributed by atoms with van der Waals surface area (Å²) in [4.78, 5) is 11.5. The van der Waals surface area contributed by atoms with Crippen molar-refractivity contribution in [2.45, 2.75) is 26.8 Å². The third kappa shape index (κ3) is 3.42. The van der Waals surface area contributed by atoms with Crippen molar-refractivity contribution in [2.75, 3.05) is 6.61 Å². The molecule has 0 bridgehead atoms. The van der Waals surface area contributed by atoms with E-state index in [1.54, 1.807) is 17.7 Å². The molecule has 1 heterocycles. The van der Waals surface area contributed by atoms with Crippen LogP contribution in [0.2, 0.25) is 0 Å². The van der Waals surface area contributed by atoms with Crippen LogP contribution >= 0.6 is 0 Å². The number of amides is 1. The Hall–Kier alpha value is -1.62. The molecule has 5 heteroatoms. The maximum atomic E-state index is 11.5. The Bertz CT molecular complexity index is 435.